The van der Waals surface area contributed by atoms with Crippen molar-refractivity contribution in [2.24, 2.45) is 0 Å². The minimum Gasteiger partial charge on any atom is -0.314 e. The van der Waals surface area contributed by atoms with Crippen LogP contribution in [0.5, 0.6) is 0 Å². The summed E-state index contributed by atoms with van der Waals surface area (Å²) in [7, 11) is 0. The van der Waals surface area contributed by atoms with Crippen LogP contribution in [0.25, 0.3) is 10.6 Å². The molecule has 0 radical (unpaired) electrons. The van der Waals surface area contributed by atoms with E-state index in [0.717, 1.165) is 42.4 Å². The van der Waals surface area contributed by atoms with Crippen LogP contribution < -0.4 is 5.32 Å². The number of thiazole rings is 1. The summed E-state index contributed by atoms with van der Waals surface area (Å²) in [6.07, 6.45) is 3.75. The summed E-state index contributed by atoms with van der Waals surface area (Å²) in [5.41, 5.74) is 3.24. The monoisotopic (exact) mass is 354 g/mol. The summed E-state index contributed by atoms with van der Waals surface area (Å²) in [5.74, 6) is -0.222. The number of benzene rings is 1. The summed E-state index contributed by atoms with van der Waals surface area (Å²) >= 11 is 1.61. The van der Waals surface area contributed by atoms with Gasteiger partial charge in [-0.05, 0) is 35.9 Å². The largest absolute Gasteiger partial charge is 0.314 e. The molecule has 4 rings (SSSR count). The zero-order valence-corrected chi connectivity index (χ0v) is 14.5. The molecule has 0 amide bonds. The van der Waals surface area contributed by atoms with E-state index in [1.807, 2.05) is 12.3 Å². The maximum Gasteiger partial charge on any atom is 0.123 e. The van der Waals surface area contributed by atoms with Gasteiger partial charge in [0.2, 0.25) is 0 Å². The topological polar surface area (TPSA) is 41.1 Å². The lowest BCUT2D eigenvalue weighted by atomic mass is 10.1. The fourth-order valence-electron chi connectivity index (χ4n) is 3.15. The van der Waals surface area contributed by atoms with E-state index in [1.54, 1.807) is 29.7 Å². The second-order valence-corrected chi connectivity index (χ2v) is 6.99. The highest BCUT2D eigenvalue weighted by atomic mass is 32.1. The molecule has 1 aromatic carbocycles. The summed E-state index contributed by atoms with van der Waals surface area (Å²) in [5, 5.41) is 6.49. The Labute approximate surface area is 150 Å². The van der Waals surface area contributed by atoms with E-state index in [1.165, 1.54) is 17.7 Å². The van der Waals surface area contributed by atoms with Gasteiger partial charge in [-0.1, -0.05) is 6.07 Å². The Hall–Kier alpha value is -2.15. The van der Waals surface area contributed by atoms with Crippen LogP contribution in [0.15, 0.2) is 54.2 Å². The highest BCUT2D eigenvalue weighted by Gasteiger charge is 2.24. The van der Waals surface area contributed by atoms with Gasteiger partial charge in [-0.15, -0.1) is 11.3 Å². The van der Waals surface area contributed by atoms with Crippen LogP contribution in [0.1, 0.15) is 17.3 Å². The van der Waals surface area contributed by atoms with Gasteiger partial charge in [-0.3, -0.25) is 9.88 Å². The molecule has 6 heteroatoms. The van der Waals surface area contributed by atoms with Crippen LogP contribution in [0.2, 0.25) is 0 Å². The van der Waals surface area contributed by atoms with E-state index in [2.05, 4.69) is 26.6 Å². The van der Waals surface area contributed by atoms with Crippen LogP contribution in [-0.2, 0) is 6.54 Å². The van der Waals surface area contributed by atoms with Crippen LogP contribution in [0.3, 0.4) is 0 Å². The first-order chi connectivity index (χ1) is 12.3. The second-order valence-electron chi connectivity index (χ2n) is 6.13. The van der Waals surface area contributed by atoms with Crippen molar-refractivity contribution in [3.8, 4) is 10.6 Å². The van der Waals surface area contributed by atoms with Gasteiger partial charge in [-0.25, -0.2) is 9.37 Å². The number of halogens is 1. The van der Waals surface area contributed by atoms with E-state index >= 15 is 0 Å². The molecule has 1 atom stereocenters. The number of aromatic nitrogens is 2. The zero-order chi connectivity index (χ0) is 17.1. The van der Waals surface area contributed by atoms with Crippen molar-refractivity contribution in [3.63, 3.8) is 0 Å². The van der Waals surface area contributed by atoms with Gasteiger partial charge in [0, 0.05) is 55.6 Å². The number of pyridine rings is 1. The van der Waals surface area contributed by atoms with Gasteiger partial charge in [0.1, 0.15) is 10.8 Å². The molecule has 1 unspecified atom stereocenters. The van der Waals surface area contributed by atoms with E-state index in [-0.39, 0.29) is 5.82 Å². The first-order valence-electron chi connectivity index (χ1n) is 8.34. The smallest absolute Gasteiger partial charge is 0.123 e. The predicted molar refractivity (Wildman–Crippen MR) is 97.8 cm³/mol. The fourth-order valence-corrected chi connectivity index (χ4v) is 3.97. The van der Waals surface area contributed by atoms with Crippen molar-refractivity contribution in [2.45, 2.75) is 12.6 Å². The Morgan fingerprint density at radius 2 is 2.12 bits per heavy atom. The van der Waals surface area contributed by atoms with Crippen molar-refractivity contribution >= 4 is 11.3 Å². The lowest BCUT2D eigenvalue weighted by Crippen LogP contribution is -2.45. The quantitative estimate of drug-likeness (QED) is 0.779. The Bertz CT molecular complexity index is 819. The molecule has 3 aromatic rings. The third-order valence-electron chi connectivity index (χ3n) is 4.43. The van der Waals surface area contributed by atoms with Crippen LogP contribution in [0, 0.1) is 5.82 Å². The highest BCUT2D eigenvalue weighted by Crippen LogP contribution is 2.27. The fraction of sp³-hybridized carbons (Fsp3) is 0.263. The molecule has 0 aliphatic carbocycles. The summed E-state index contributed by atoms with van der Waals surface area (Å²) in [4.78, 5) is 11.4. The number of nitrogens with one attached hydrogen (secondary N) is 1. The molecule has 0 spiro atoms. The van der Waals surface area contributed by atoms with E-state index in [4.69, 9.17) is 4.98 Å². The summed E-state index contributed by atoms with van der Waals surface area (Å²) < 4.78 is 13.1. The third kappa shape index (κ3) is 3.76. The number of hydrogen-bond donors (Lipinski definition) is 1. The van der Waals surface area contributed by atoms with Crippen molar-refractivity contribution in [1.29, 1.82) is 0 Å². The van der Waals surface area contributed by atoms with E-state index in [0.29, 0.717) is 6.04 Å². The average Bonchev–Trinajstić information content (AvgIpc) is 3.12. The van der Waals surface area contributed by atoms with Gasteiger partial charge in [0.15, 0.2) is 0 Å². The van der Waals surface area contributed by atoms with E-state index < -0.39 is 0 Å². The molecule has 3 heterocycles. The average molecular weight is 354 g/mol. The van der Waals surface area contributed by atoms with Gasteiger partial charge in [0.25, 0.3) is 0 Å². The first kappa shape index (κ1) is 16.3. The normalized spacial score (nSPS) is 18.4. The Kier molecular flexibility index (Phi) is 4.83. The van der Waals surface area contributed by atoms with Gasteiger partial charge < -0.3 is 5.32 Å². The highest BCUT2D eigenvalue weighted by molar-refractivity contribution is 7.13. The Balaban J connectivity index is 1.51. The molecular weight excluding hydrogens is 335 g/mol. The third-order valence-corrected chi connectivity index (χ3v) is 5.37. The molecule has 1 aliphatic rings. The van der Waals surface area contributed by atoms with Crippen LogP contribution in [0.4, 0.5) is 4.39 Å². The number of hydrogen-bond acceptors (Lipinski definition) is 5. The molecule has 2 aromatic heterocycles. The maximum atomic E-state index is 13.1. The van der Waals surface area contributed by atoms with Gasteiger partial charge in [-0.2, -0.15) is 0 Å². The van der Waals surface area contributed by atoms with Crippen molar-refractivity contribution in [2.75, 3.05) is 19.6 Å². The maximum absolute atomic E-state index is 13.1. The molecule has 1 fully saturated rings. The molecule has 1 saturated heterocycles. The summed E-state index contributed by atoms with van der Waals surface area (Å²) in [6, 6.07) is 10.9. The first-order valence-corrected chi connectivity index (χ1v) is 9.22. The minimum atomic E-state index is -0.222. The number of piperazine rings is 1. The Morgan fingerprint density at radius 1 is 1.24 bits per heavy atom. The van der Waals surface area contributed by atoms with Crippen LogP contribution in [-0.4, -0.2) is 34.5 Å². The van der Waals surface area contributed by atoms with Crippen molar-refractivity contribution in [3.05, 3.63) is 71.2 Å². The van der Waals surface area contributed by atoms with E-state index in [9.17, 15) is 4.39 Å². The molecule has 1 aliphatic heterocycles. The van der Waals surface area contributed by atoms with Gasteiger partial charge in [0.05, 0.1) is 5.69 Å². The molecule has 0 saturated carbocycles. The molecular formula is C19H19FN4S. The lowest BCUT2D eigenvalue weighted by Gasteiger charge is -2.35. The van der Waals surface area contributed by atoms with Crippen LogP contribution >= 0.6 is 11.3 Å². The second kappa shape index (κ2) is 7.39. The van der Waals surface area contributed by atoms with Crippen molar-refractivity contribution in [1.82, 2.24) is 20.2 Å². The number of rotatable bonds is 4. The molecule has 0 bridgehead atoms. The SMILES string of the molecule is Fc1ccc(-c2nc(CN3CCNCC3c3cccnc3)cs2)cc1. The zero-order valence-electron chi connectivity index (χ0n) is 13.7. The number of nitrogens with zero attached hydrogens (tertiary/aromatic N) is 3. The molecule has 1 N–H and O–H groups in total. The molecule has 25 heavy (non-hydrogen) atoms. The van der Waals surface area contributed by atoms with Crippen molar-refractivity contribution < 1.29 is 4.39 Å². The van der Waals surface area contributed by atoms with Gasteiger partial charge >= 0.3 is 0 Å². The standard InChI is InChI=1S/C19H19FN4S/c20-16-5-3-14(4-6-16)19-23-17(13-25-19)12-24-9-8-22-11-18(24)15-2-1-7-21-10-15/h1-7,10,13,18,22H,8-9,11-12H2. The Morgan fingerprint density at radius 3 is 2.92 bits per heavy atom. The molecule has 128 valence electrons. The minimum absolute atomic E-state index is 0.222. The lowest BCUT2D eigenvalue weighted by molar-refractivity contribution is 0.152. The predicted octanol–water partition coefficient (Wildman–Crippen LogP) is 3.49. The molecule has 4 nitrogen and oxygen atoms in total. The summed E-state index contributed by atoms with van der Waals surface area (Å²) in [6.45, 7) is 3.67.